The lowest BCUT2D eigenvalue weighted by molar-refractivity contribution is 0.0598. The first-order chi connectivity index (χ1) is 8.54. The highest BCUT2D eigenvalue weighted by Gasteiger charge is 2.14. The topological polar surface area (TPSA) is 104 Å². The van der Waals surface area contributed by atoms with Gasteiger partial charge in [0.15, 0.2) is 0 Å². The van der Waals surface area contributed by atoms with E-state index in [1.54, 1.807) is 13.0 Å². The molecule has 100 valence electrons. The van der Waals surface area contributed by atoms with Crippen LogP contribution in [0.4, 0.5) is 4.79 Å². The van der Waals surface area contributed by atoms with Crippen LogP contribution in [0.3, 0.4) is 0 Å². The van der Waals surface area contributed by atoms with Crippen LogP contribution in [0.5, 0.6) is 0 Å². The molecule has 0 aliphatic carbocycles. The molecule has 0 unspecified atom stereocenters. The van der Waals surface area contributed by atoms with Crippen LogP contribution in [0, 0.1) is 6.92 Å². The number of methoxy groups -OCH3 is 1. The number of carbonyl (C=O) groups is 2. The van der Waals surface area contributed by atoms with Crippen molar-refractivity contribution in [2.45, 2.75) is 13.5 Å². The SMILES string of the molecule is COC(=O)c1cc(CNCCOC(N)=O)oc1C. The fraction of sp³-hybridized carbons (Fsp3) is 0.455. The van der Waals surface area contributed by atoms with Crippen molar-refractivity contribution >= 4 is 12.1 Å². The van der Waals surface area contributed by atoms with Gasteiger partial charge in [-0.05, 0) is 13.0 Å². The Bertz CT molecular complexity index is 427. The Balaban J connectivity index is 2.39. The average Bonchev–Trinajstić information content (AvgIpc) is 2.69. The van der Waals surface area contributed by atoms with Crippen molar-refractivity contribution in [3.63, 3.8) is 0 Å². The third-order valence-electron chi connectivity index (χ3n) is 2.20. The van der Waals surface area contributed by atoms with E-state index in [2.05, 4.69) is 14.8 Å². The first-order valence-electron chi connectivity index (χ1n) is 5.35. The third kappa shape index (κ3) is 4.10. The number of aryl methyl sites for hydroxylation is 1. The van der Waals surface area contributed by atoms with Crippen molar-refractivity contribution in [1.82, 2.24) is 5.32 Å². The number of rotatable bonds is 6. The van der Waals surface area contributed by atoms with Crippen LogP contribution in [-0.2, 0) is 16.0 Å². The van der Waals surface area contributed by atoms with E-state index in [1.165, 1.54) is 7.11 Å². The van der Waals surface area contributed by atoms with Crippen molar-refractivity contribution in [1.29, 1.82) is 0 Å². The van der Waals surface area contributed by atoms with E-state index in [-0.39, 0.29) is 6.61 Å². The first kappa shape index (κ1) is 14.0. The predicted octanol–water partition coefficient (Wildman–Crippen LogP) is 0.560. The minimum Gasteiger partial charge on any atom is -0.465 e. The highest BCUT2D eigenvalue weighted by atomic mass is 16.5. The van der Waals surface area contributed by atoms with Crippen molar-refractivity contribution in [3.05, 3.63) is 23.2 Å². The average molecular weight is 256 g/mol. The van der Waals surface area contributed by atoms with Gasteiger partial charge in [-0.15, -0.1) is 0 Å². The van der Waals surface area contributed by atoms with E-state index in [4.69, 9.17) is 10.2 Å². The Hall–Kier alpha value is -2.02. The maximum atomic E-state index is 11.3. The molecule has 7 nitrogen and oxygen atoms in total. The summed E-state index contributed by atoms with van der Waals surface area (Å²) in [5, 5.41) is 2.98. The highest BCUT2D eigenvalue weighted by Crippen LogP contribution is 2.15. The number of amides is 1. The zero-order valence-electron chi connectivity index (χ0n) is 10.3. The standard InChI is InChI=1S/C11H16N2O5/c1-7-9(10(14)16-2)5-8(18-7)6-13-3-4-17-11(12)15/h5,13H,3-4,6H2,1-2H3,(H2,12,15). The Kier molecular flexibility index (Phi) is 5.19. The molecule has 0 aromatic carbocycles. The fourth-order valence-electron chi connectivity index (χ4n) is 1.38. The van der Waals surface area contributed by atoms with E-state index in [0.717, 1.165) is 0 Å². The van der Waals surface area contributed by atoms with Crippen molar-refractivity contribution in [2.75, 3.05) is 20.3 Å². The number of ether oxygens (including phenoxy) is 2. The largest absolute Gasteiger partial charge is 0.465 e. The van der Waals surface area contributed by atoms with E-state index in [1.807, 2.05) is 0 Å². The van der Waals surface area contributed by atoms with Crippen LogP contribution in [0.1, 0.15) is 21.9 Å². The molecular weight excluding hydrogens is 240 g/mol. The maximum Gasteiger partial charge on any atom is 0.404 e. The van der Waals surface area contributed by atoms with Gasteiger partial charge in [-0.1, -0.05) is 0 Å². The molecule has 1 amide bonds. The molecule has 0 saturated heterocycles. The van der Waals surface area contributed by atoms with Gasteiger partial charge in [-0.3, -0.25) is 0 Å². The quantitative estimate of drug-likeness (QED) is 0.569. The van der Waals surface area contributed by atoms with Gasteiger partial charge in [0.1, 0.15) is 23.7 Å². The number of furan rings is 1. The van der Waals surface area contributed by atoms with Crippen molar-refractivity contribution < 1.29 is 23.5 Å². The first-order valence-corrected chi connectivity index (χ1v) is 5.35. The number of carbonyl (C=O) groups excluding carboxylic acids is 2. The summed E-state index contributed by atoms with van der Waals surface area (Å²) in [5.41, 5.74) is 5.20. The van der Waals surface area contributed by atoms with E-state index in [9.17, 15) is 9.59 Å². The molecule has 1 aromatic rings. The summed E-state index contributed by atoms with van der Waals surface area (Å²) in [5.74, 6) is 0.679. The predicted molar refractivity (Wildman–Crippen MR) is 62.0 cm³/mol. The Morgan fingerprint density at radius 1 is 1.50 bits per heavy atom. The number of nitrogens with two attached hydrogens (primary N) is 1. The second-order valence-corrected chi connectivity index (χ2v) is 3.52. The smallest absolute Gasteiger partial charge is 0.404 e. The summed E-state index contributed by atoms with van der Waals surface area (Å²) < 4.78 is 14.5. The summed E-state index contributed by atoms with van der Waals surface area (Å²) in [7, 11) is 1.31. The molecule has 0 aliphatic heterocycles. The molecule has 7 heteroatoms. The number of primary amides is 1. The van der Waals surface area contributed by atoms with Crippen LogP contribution >= 0.6 is 0 Å². The summed E-state index contributed by atoms with van der Waals surface area (Å²) in [6, 6.07) is 1.61. The van der Waals surface area contributed by atoms with Gasteiger partial charge in [0.2, 0.25) is 0 Å². The number of hydrogen-bond donors (Lipinski definition) is 2. The summed E-state index contributed by atoms with van der Waals surface area (Å²) in [4.78, 5) is 21.6. The third-order valence-corrected chi connectivity index (χ3v) is 2.20. The van der Waals surface area contributed by atoms with Crippen LogP contribution in [-0.4, -0.2) is 32.3 Å². The zero-order chi connectivity index (χ0) is 13.5. The van der Waals surface area contributed by atoms with Gasteiger partial charge in [0, 0.05) is 6.54 Å². The molecule has 18 heavy (non-hydrogen) atoms. The minimum atomic E-state index is -0.807. The molecule has 1 rings (SSSR count). The number of nitrogens with one attached hydrogen (secondary N) is 1. The van der Waals surface area contributed by atoms with Gasteiger partial charge in [-0.25, -0.2) is 9.59 Å². The molecule has 1 aromatic heterocycles. The lowest BCUT2D eigenvalue weighted by Crippen LogP contribution is -2.23. The van der Waals surface area contributed by atoms with Crippen molar-refractivity contribution in [3.8, 4) is 0 Å². The van der Waals surface area contributed by atoms with E-state index < -0.39 is 12.1 Å². The number of hydrogen-bond acceptors (Lipinski definition) is 6. The van der Waals surface area contributed by atoms with Gasteiger partial charge in [0.25, 0.3) is 0 Å². The van der Waals surface area contributed by atoms with Crippen LogP contribution in [0.2, 0.25) is 0 Å². The molecule has 3 N–H and O–H groups in total. The molecular formula is C11H16N2O5. The molecule has 0 atom stereocenters. The molecule has 0 spiro atoms. The lowest BCUT2D eigenvalue weighted by Gasteiger charge is -2.02. The normalized spacial score (nSPS) is 10.1. The second kappa shape index (κ2) is 6.65. The van der Waals surface area contributed by atoms with E-state index in [0.29, 0.717) is 30.2 Å². The Morgan fingerprint density at radius 2 is 2.22 bits per heavy atom. The van der Waals surface area contributed by atoms with Crippen molar-refractivity contribution in [2.24, 2.45) is 5.73 Å². The zero-order valence-corrected chi connectivity index (χ0v) is 10.3. The molecule has 0 saturated carbocycles. The van der Waals surface area contributed by atoms with Crippen LogP contribution in [0.25, 0.3) is 0 Å². The highest BCUT2D eigenvalue weighted by molar-refractivity contribution is 5.90. The molecule has 0 aliphatic rings. The lowest BCUT2D eigenvalue weighted by atomic mass is 10.2. The summed E-state index contributed by atoms with van der Waals surface area (Å²) >= 11 is 0. The molecule has 0 radical (unpaired) electrons. The Morgan fingerprint density at radius 3 is 2.83 bits per heavy atom. The van der Waals surface area contributed by atoms with Gasteiger partial charge < -0.3 is 24.9 Å². The van der Waals surface area contributed by atoms with E-state index >= 15 is 0 Å². The molecule has 0 fully saturated rings. The number of esters is 1. The maximum absolute atomic E-state index is 11.3. The fourth-order valence-corrected chi connectivity index (χ4v) is 1.38. The van der Waals surface area contributed by atoms with Crippen LogP contribution < -0.4 is 11.1 Å². The Labute approximate surface area is 104 Å². The van der Waals surface area contributed by atoms with Gasteiger partial charge >= 0.3 is 12.1 Å². The summed E-state index contributed by atoms with van der Waals surface area (Å²) in [6.07, 6.45) is -0.807. The van der Waals surface area contributed by atoms with Gasteiger partial charge in [-0.2, -0.15) is 0 Å². The summed E-state index contributed by atoms with van der Waals surface area (Å²) in [6.45, 7) is 2.72. The van der Waals surface area contributed by atoms with Gasteiger partial charge in [0.05, 0.1) is 13.7 Å². The molecule has 0 bridgehead atoms. The minimum absolute atomic E-state index is 0.179. The monoisotopic (exact) mass is 256 g/mol. The second-order valence-electron chi connectivity index (χ2n) is 3.52. The van der Waals surface area contributed by atoms with Crippen LogP contribution in [0.15, 0.2) is 10.5 Å². The molecule has 1 heterocycles.